The summed E-state index contributed by atoms with van der Waals surface area (Å²) in [7, 11) is 3.26. The number of ether oxygens (including phenoxy) is 2. The molecule has 0 aliphatic carbocycles. The summed E-state index contributed by atoms with van der Waals surface area (Å²) in [6, 6.07) is 17.2. The van der Waals surface area contributed by atoms with Crippen LogP contribution in [-0.4, -0.2) is 19.3 Å². The maximum atomic E-state index is 15.4. The Balaban J connectivity index is 2.01. The summed E-state index contributed by atoms with van der Waals surface area (Å²) >= 11 is 3.52. The topological polar surface area (TPSA) is 41.9 Å². The maximum absolute atomic E-state index is 15.4. The molecule has 0 aromatic heterocycles. The molecule has 0 fully saturated rings. The molecular formula is C25H25BrFNO3. The van der Waals surface area contributed by atoms with E-state index in [1.165, 1.54) is 6.08 Å². The van der Waals surface area contributed by atoms with Crippen molar-refractivity contribution in [2.75, 3.05) is 19.1 Å². The second kappa shape index (κ2) is 10.4. The summed E-state index contributed by atoms with van der Waals surface area (Å²) < 4.78 is 26.6. The van der Waals surface area contributed by atoms with E-state index in [0.717, 1.165) is 28.9 Å². The quantitative estimate of drug-likeness (QED) is 0.362. The van der Waals surface area contributed by atoms with Crippen molar-refractivity contribution in [2.24, 2.45) is 0 Å². The van der Waals surface area contributed by atoms with Crippen LogP contribution in [0, 0.1) is 12.7 Å². The maximum Gasteiger partial charge on any atom is 0.150 e. The van der Waals surface area contributed by atoms with E-state index in [-0.39, 0.29) is 5.82 Å². The van der Waals surface area contributed by atoms with Crippen molar-refractivity contribution >= 4 is 27.7 Å². The first-order valence-corrected chi connectivity index (χ1v) is 10.6. The lowest BCUT2D eigenvalue weighted by atomic mass is 10.0. The molecule has 0 saturated carbocycles. The lowest BCUT2D eigenvalue weighted by molar-refractivity contribution is 0.414. The van der Waals surface area contributed by atoms with Crippen LogP contribution < -0.4 is 14.4 Å². The van der Waals surface area contributed by atoms with E-state index in [2.05, 4.69) is 15.9 Å². The van der Waals surface area contributed by atoms with Gasteiger partial charge < -0.3 is 19.5 Å². The molecule has 4 nitrogen and oxygen atoms in total. The smallest absolute Gasteiger partial charge is 0.150 e. The number of anilines is 1. The molecule has 162 valence electrons. The minimum absolute atomic E-state index is 0.321. The molecular weight excluding hydrogens is 461 g/mol. The molecule has 0 aliphatic rings. The predicted molar refractivity (Wildman–Crippen MR) is 126 cm³/mol. The van der Waals surface area contributed by atoms with Crippen molar-refractivity contribution in [1.29, 1.82) is 0 Å². The molecule has 0 radical (unpaired) electrons. The standard InChI is InChI=1S/C25H25BrFNO3/c1-17-22(12-13-29)23(26)14-24(25(17)27)28(15-18-4-8-20(30-2)9-5-18)16-19-6-10-21(31-3)11-7-19/h4-14,29H,15-16H2,1-3H3/b13-12-. The van der Waals surface area contributed by atoms with Crippen molar-refractivity contribution < 1.29 is 19.0 Å². The summed E-state index contributed by atoms with van der Waals surface area (Å²) in [6.45, 7) is 2.72. The lowest BCUT2D eigenvalue weighted by Gasteiger charge is -2.27. The van der Waals surface area contributed by atoms with Crippen LogP contribution in [0.4, 0.5) is 10.1 Å². The van der Waals surface area contributed by atoms with Gasteiger partial charge >= 0.3 is 0 Å². The first-order valence-electron chi connectivity index (χ1n) is 9.77. The third-order valence-corrected chi connectivity index (χ3v) is 5.78. The Morgan fingerprint density at radius 3 is 1.84 bits per heavy atom. The molecule has 0 aliphatic heterocycles. The van der Waals surface area contributed by atoms with E-state index in [9.17, 15) is 0 Å². The van der Waals surface area contributed by atoms with Crippen LogP contribution in [0.2, 0.25) is 0 Å². The minimum Gasteiger partial charge on any atom is -0.516 e. The molecule has 3 aromatic rings. The van der Waals surface area contributed by atoms with Crippen LogP contribution in [-0.2, 0) is 13.1 Å². The SMILES string of the molecule is COc1ccc(CN(Cc2ccc(OC)cc2)c2cc(Br)c(/C=C\O)c(C)c2F)cc1. The second-order valence-corrected chi connectivity index (χ2v) is 7.95. The number of benzene rings is 3. The summed E-state index contributed by atoms with van der Waals surface area (Å²) in [5.41, 5.74) is 3.61. The van der Waals surface area contributed by atoms with Crippen LogP contribution in [0.1, 0.15) is 22.3 Å². The highest BCUT2D eigenvalue weighted by atomic mass is 79.9. The van der Waals surface area contributed by atoms with E-state index in [0.29, 0.717) is 34.4 Å². The Labute approximate surface area is 190 Å². The largest absolute Gasteiger partial charge is 0.516 e. The zero-order valence-electron chi connectivity index (χ0n) is 17.7. The van der Waals surface area contributed by atoms with Crippen molar-refractivity contribution in [3.05, 3.63) is 93.4 Å². The fourth-order valence-electron chi connectivity index (χ4n) is 3.39. The minimum atomic E-state index is -0.321. The molecule has 0 saturated heterocycles. The van der Waals surface area contributed by atoms with Gasteiger partial charge in [0.25, 0.3) is 0 Å². The van der Waals surface area contributed by atoms with Gasteiger partial charge in [0.15, 0.2) is 0 Å². The molecule has 3 rings (SSSR count). The van der Waals surface area contributed by atoms with E-state index < -0.39 is 0 Å². The van der Waals surface area contributed by atoms with Crippen LogP contribution in [0.5, 0.6) is 11.5 Å². The number of methoxy groups -OCH3 is 2. The Kier molecular flexibility index (Phi) is 7.58. The molecule has 31 heavy (non-hydrogen) atoms. The summed E-state index contributed by atoms with van der Waals surface area (Å²) in [5.74, 6) is 1.23. The van der Waals surface area contributed by atoms with Crippen molar-refractivity contribution in [3.8, 4) is 11.5 Å². The molecule has 0 bridgehead atoms. The third kappa shape index (κ3) is 5.39. The summed E-state index contributed by atoms with van der Waals surface area (Å²) in [4.78, 5) is 1.99. The van der Waals surface area contributed by atoms with E-state index in [1.54, 1.807) is 27.2 Å². The van der Waals surface area contributed by atoms with Gasteiger partial charge in [-0.25, -0.2) is 4.39 Å². The molecule has 0 unspecified atom stereocenters. The molecule has 0 heterocycles. The van der Waals surface area contributed by atoms with Gasteiger partial charge in [0.2, 0.25) is 0 Å². The van der Waals surface area contributed by atoms with Gasteiger partial charge in [-0.05, 0) is 65.6 Å². The Hall–Kier alpha value is -2.99. The van der Waals surface area contributed by atoms with Gasteiger partial charge in [0.05, 0.1) is 26.2 Å². The normalized spacial score (nSPS) is 11.0. The Morgan fingerprint density at radius 2 is 1.42 bits per heavy atom. The first kappa shape index (κ1) is 22.7. The van der Waals surface area contributed by atoms with E-state index >= 15 is 4.39 Å². The van der Waals surface area contributed by atoms with Crippen molar-refractivity contribution in [3.63, 3.8) is 0 Å². The van der Waals surface area contributed by atoms with Crippen LogP contribution in [0.25, 0.3) is 6.08 Å². The zero-order chi connectivity index (χ0) is 22.4. The number of halogens is 2. The number of nitrogens with zero attached hydrogens (tertiary/aromatic N) is 1. The molecule has 3 aromatic carbocycles. The monoisotopic (exact) mass is 485 g/mol. The number of rotatable bonds is 8. The number of hydrogen-bond acceptors (Lipinski definition) is 4. The Bertz CT molecular complexity index is 1000. The number of hydrogen-bond donors (Lipinski definition) is 1. The highest BCUT2D eigenvalue weighted by molar-refractivity contribution is 9.10. The third-order valence-electron chi connectivity index (χ3n) is 5.13. The van der Waals surface area contributed by atoms with Crippen LogP contribution in [0.15, 0.2) is 65.3 Å². The van der Waals surface area contributed by atoms with Gasteiger partial charge in [-0.1, -0.05) is 40.2 Å². The molecule has 0 amide bonds. The highest BCUT2D eigenvalue weighted by Gasteiger charge is 2.19. The molecule has 1 N–H and O–H groups in total. The predicted octanol–water partition coefficient (Wildman–Crippen LogP) is 6.65. The molecule has 0 spiro atoms. The second-order valence-electron chi connectivity index (χ2n) is 7.10. The first-order chi connectivity index (χ1) is 15.0. The van der Waals surface area contributed by atoms with Gasteiger partial charge in [-0.3, -0.25) is 0 Å². The number of aliphatic hydroxyl groups excluding tert-OH is 1. The Morgan fingerprint density at radius 1 is 0.935 bits per heavy atom. The van der Waals surface area contributed by atoms with Crippen LogP contribution >= 0.6 is 15.9 Å². The van der Waals surface area contributed by atoms with E-state index in [1.807, 2.05) is 53.4 Å². The lowest BCUT2D eigenvalue weighted by Crippen LogP contribution is -2.23. The fourth-order valence-corrected chi connectivity index (χ4v) is 4.04. The summed E-state index contributed by atoms with van der Waals surface area (Å²) in [5, 5.41) is 9.16. The van der Waals surface area contributed by atoms with Gasteiger partial charge in [-0.2, -0.15) is 0 Å². The molecule has 0 atom stereocenters. The van der Waals surface area contributed by atoms with Gasteiger partial charge in [-0.15, -0.1) is 0 Å². The fraction of sp³-hybridized carbons (Fsp3) is 0.200. The average molecular weight is 486 g/mol. The average Bonchev–Trinajstić information content (AvgIpc) is 2.79. The van der Waals surface area contributed by atoms with Gasteiger partial charge in [0, 0.05) is 17.6 Å². The van der Waals surface area contributed by atoms with E-state index in [4.69, 9.17) is 14.6 Å². The van der Waals surface area contributed by atoms with Crippen molar-refractivity contribution in [2.45, 2.75) is 20.0 Å². The van der Waals surface area contributed by atoms with Gasteiger partial charge in [0.1, 0.15) is 17.3 Å². The molecule has 6 heteroatoms. The number of aliphatic hydroxyl groups is 1. The van der Waals surface area contributed by atoms with Crippen molar-refractivity contribution in [1.82, 2.24) is 0 Å². The van der Waals surface area contributed by atoms with Crippen LogP contribution in [0.3, 0.4) is 0 Å². The zero-order valence-corrected chi connectivity index (χ0v) is 19.3. The summed E-state index contributed by atoms with van der Waals surface area (Å²) in [6.07, 6.45) is 2.39. The highest BCUT2D eigenvalue weighted by Crippen LogP contribution is 2.34.